The number of Topliss-reactive ketones (excluding diaryl/α,β-unsaturated/α-hetero) is 1. The Labute approximate surface area is 99.6 Å². The highest BCUT2D eigenvalue weighted by molar-refractivity contribution is 6.39. The number of H-pyrrole nitrogens is 1. The van der Waals surface area contributed by atoms with Crippen molar-refractivity contribution in [3.63, 3.8) is 0 Å². The summed E-state index contributed by atoms with van der Waals surface area (Å²) in [6, 6.07) is 7.91. The number of carbonyl (C=O) groups excluding carboxylic acids is 1. The first-order valence-corrected chi connectivity index (χ1v) is 5.86. The van der Waals surface area contributed by atoms with Crippen LogP contribution in [0.1, 0.15) is 36.3 Å². The van der Waals surface area contributed by atoms with Gasteiger partial charge in [-0.15, -0.1) is 0 Å². The van der Waals surface area contributed by atoms with E-state index in [-0.39, 0.29) is 11.3 Å². The van der Waals surface area contributed by atoms with Crippen molar-refractivity contribution in [2.24, 2.45) is 4.99 Å². The molecule has 0 radical (unpaired) electrons. The first-order chi connectivity index (χ1) is 8.15. The van der Waals surface area contributed by atoms with Gasteiger partial charge in [-0.25, -0.2) is 0 Å². The SMILES string of the molecule is CCC1(C)N=CC(=O)c2c1[nH]c1ccccc21. The summed E-state index contributed by atoms with van der Waals surface area (Å²) < 4.78 is 0. The summed E-state index contributed by atoms with van der Waals surface area (Å²) in [7, 11) is 0. The number of fused-ring (bicyclic) bond motifs is 3. The molecule has 0 fully saturated rings. The van der Waals surface area contributed by atoms with Crippen LogP contribution >= 0.6 is 0 Å². The number of para-hydroxylation sites is 1. The van der Waals surface area contributed by atoms with Gasteiger partial charge in [-0.2, -0.15) is 0 Å². The van der Waals surface area contributed by atoms with E-state index < -0.39 is 0 Å². The molecule has 0 saturated carbocycles. The predicted octanol–water partition coefficient (Wildman–Crippen LogP) is 3.06. The minimum absolute atomic E-state index is 0.00313. The van der Waals surface area contributed by atoms with Gasteiger partial charge in [0.05, 0.1) is 23.0 Å². The molecular formula is C14H14N2O. The Hall–Kier alpha value is -1.90. The molecule has 1 N–H and O–H groups in total. The molecule has 3 nitrogen and oxygen atoms in total. The van der Waals surface area contributed by atoms with E-state index in [1.807, 2.05) is 24.3 Å². The van der Waals surface area contributed by atoms with Crippen molar-refractivity contribution in [1.82, 2.24) is 4.98 Å². The molecule has 86 valence electrons. The van der Waals surface area contributed by atoms with Gasteiger partial charge in [0.15, 0.2) is 0 Å². The maximum absolute atomic E-state index is 12.0. The number of hydrogen-bond donors (Lipinski definition) is 1. The highest BCUT2D eigenvalue weighted by atomic mass is 16.1. The lowest BCUT2D eigenvalue weighted by Crippen LogP contribution is -2.27. The maximum Gasteiger partial charge on any atom is 0.206 e. The van der Waals surface area contributed by atoms with Gasteiger partial charge >= 0.3 is 0 Å². The van der Waals surface area contributed by atoms with Gasteiger partial charge in [0.2, 0.25) is 5.78 Å². The van der Waals surface area contributed by atoms with Crippen LogP contribution < -0.4 is 0 Å². The topological polar surface area (TPSA) is 45.2 Å². The summed E-state index contributed by atoms with van der Waals surface area (Å²) in [6.45, 7) is 4.15. The zero-order valence-corrected chi connectivity index (χ0v) is 9.95. The van der Waals surface area contributed by atoms with E-state index in [0.717, 1.165) is 28.6 Å². The minimum atomic E-state index is -0.303. The number of carbonyl (C=O) groups is 1. The smallest absolute Gasteiger partial charge is 0.206 e. The predicted molar refractivity (Wildman–Crippen MR) is 68.8 cm³/mol. The molecule has 0 spiro atoms. The van der Waals surface area contributed by atoms with Crippen molar-refractivity contribution in [2.45, 2.75) is 25.8 Å². The molecule has 3 rings (SSSR count). The number of aromatic amines is 1. The lowest BCUT2D eigenvalue weighted by atomic mass is 9.88. The molecule has 3 heteroatoms. The van der Waals surface area contributed by atoms with Gasteiger partial charge in [-0.3, -0.25) is 9.79 Å². The maximum atomic E-state index is 12.0. The summed E-state index contributed by atoms with van der Waals surface area (Å²) in [5, 5.41) is 0.998. The molecule has 0 amide bonds. The van der Waals surface area contributed by atoms with Crippen LogP contribution in [-0.4, -0.2) is 17.0 Å². The van der Waals surface area contributed by atoms with E-state index in [2.05, 4.69) is 23.8 Å². The first-order valence-electron chi connectivity index (χ1n) is 5.86. The molecule has 2 aromatic rings. The molecule has 17 heavy (non-hydrogen) atoms. The Balaban J connectivity index is 2.40. The summed E-state index contributed by atoms with van der Waals surface area (Å²) in [4.78, 5) is 19.7. The van der Waals surface area contributed by atoms with E-state index >= 15 is 0 Å². The van der Waals surface area contributed by atoms with Crippen molar-refractivity contribution in [3.05, 3.63) is 35.5 Å². The second kappa shape index (κ2) is 3.29. The van der Waals surface area contributed by atoms with Crippen LogP contribution in [0.3, 0.4) is 0 Å². The van der Waals surface area contributed by atoms with Crippen molar-refractivity contribution in [1.29, 1.82) is 0 Å². The molecule has 1 aliphatic heterocycles. The number of hydrogen-bond acceptors (Lipinski definition) is 2. The highest BCUT2D eigenvalue weighted by Gasteiger charge is 2.34. The Kier molecular flexibility index (Phi) is 1.99. The van der Waals surface area contributed by atoms with E-state index in [1.54, 1.807) is 0 Å². The fourth-order valence-corrected chi connectivity index (χ4v) is 2.40. The average Bonchev–Trinajstić information content (AvgIpc) is 2.75. The van der Waals surface area contributed by atoms with Crippen LogP contribution in [0.2, 0.25) is 0 Å². The Bertz CT molecular complexity index is 639. The molecular weight excluding hydrogens is 212 g/mol. The van der Waals surface area contributed by atoms with Gasteiger partial charge in [-0.1, -0.05) is 25.1 Å². The summed E-state index contributed by atoms with van der Waals surface area (Å²) >= 11 is 0. The molecule has 1 atom stereocenters. The number of aromatic nitrogens is 1. The summed E-state index contributed by atoms with van der Waals surface area (Å²) in [5.41, 5.74) is 2.45. The van der Waals surface area contributed by atoms with Crippen LogP contribution in [-0.2, 0) is 5.54 Å². The van der Waals surface area contributed by atoms with E-state index in [9.17, 15) is 4.79 Å². The summed E-state index contributed by atoms with van der Waals surface area (Å²) in [5.74, 6) is 0.00313. The zero-order chi connectivity index (χ0) is 12.0. The molecule has 1 aromatic carbocycles. The third-order valence-electron chi connectivity index (χ3n) is 3.65. The highest BCUT2D eigenvalue weighted by Crippen LogP contribution is 2.37. The van der Waals surface area contributed by atoms with E-state index in [1.165, 1.54) is 6.21 Å². The normalized spacial score (nSPS) is 23.1. The average molecular weight is 226 g/mol. The monoisotopic (exact) mass is 226 g/mol. The van der Waals surface area contributed by atoms with Gasteiger partial charge in [0.25, 0.3) is 0 Å². The first kappa shape index (κ1) is 10.3. The molecule has 1 aliphatic rings. The van der Waals surface area contributed by atoms with Gasteiger partial charge in [-0.05, 0) is 19.4 Å². The van der Waals surface area contributed by atoms with Gasteiger partial charge in [0.1, 0.15) is 0 Å². The minimum Gasteiger partial charge on any atom is -0.356 e. The van der Waals surface area contributed by atoms with Crippen LogP contribution in [0, 0.1) is 0 Å². The lowest BCUT2D eigenvalue weighted by molar-refractivity contribution is 0.106. The Morgan fingerprint density at radius 2 is 2.12 bits per heavy atom. The third-order valence-corrected chi connectivity index (χ3v) is 3.65. The third kappa shape index (κ3) is 1.28. The van der Waals surface area contributed by atoms with Gasteiger partial charge < -0.3 is 4.98 Å². The number of nitrogens with one attached hydrogen (secondary N) is 1. The molecule has 0 aliphatic carbocycles. The van der Waals surface area contributed by atoms with Crippen molar-refractivity contribution < 1.29 is 4.79 Å². The summed E-state index contributed by atoms with van der Waals surface area (Å²) in [6.07, 6.45) is 2.34. The molecule has 0 saturated heterocycles. The van der Waals surface area contributed by atoms with E-state index in [4.69, 9.17) is 0 Å². The van der Waals surface area contributed by atoms with Crippen LogP contribution in [0.4, 0.5) is 0 Å². The second-order valence-electron chi connectivity index (χ2n) is 4.67. The van der Waals surface area contributed by atoms with E-state index in [0.29, 0.717) is 0 Å². The van der Waals surface area contributed by atoms with Crippen molar-refractivity contribution in [2.75, 3.05) is 0 Å². The number of ketones is 1. The standard InChI is InChI=1S/C14H14N2O/c1-3-14(2)13-12(11(17)8-15-14)9-6-4-5-7-10(9)16-13/h4-8,16H,3H2,1-2H3. The number of rotatable bonds is 1. The molecule has 1 unspecified atom stereocenters. The van der Waals surface area contributed by atoms with Crippen molar-refractivity contribution >= 4 is 22.9 Å². The number of aliphatic imine (C=N–C) groups is 1. The Morgan fingerprint density at radius 1 is 1.35 bits per heavy atom. The molecule has 0 bridgehead atoms. The fraction of sp³-hybridized carbons (Fsp3) is 0.286. The Morgan fingerprint density at radius 3 is 2.88 bits per heavy atom. The molecule has 2 heterocycles. The van der Waals surface area contributed by atoms with Crippen molar-refractivity contribution in [3.8, 4) is 0 Å². The quantitative estimate of drug-likeness (QED) is 0.798. The van der Waals surface area contributed by atoms with Crippen LogP contribution in [0.25, 0.3) is 10.9 Å². The number of nitrogens with zero attached hydrogens (tertiary/aromatic N) is 1. The fourth-order valence-electron chi connectivity index (χ4n) is 2.40. The lowest BCUT2D eigenvalue weighted by Gasteiger charge is -2.26. The largest absolute Gasteiger partial charge is 0.356 e. The second-order valence-corrected chi connectivity index (χ2v) is 4.67. The van der Waals surface area contributed by atoms with Crippen LogP contribution in [0.5, 0.6) is 0 Å². The molecule has 1 aromatic heterocycles. The zero-order valence-electron chi connectivity index (χ0n) is 9.95. The van der Waals surface area contributed by atoms with Crippen LogP contribution in [0.15, 0.2) is 29.3 Å². The van der Waals surface area contributed by atoms with Gasteiger partial charge in [0, 0.05) is 10.9 Å². The number of benzene rings is 1.